The SMILES string of the molecule is O=C(Nc1cccc(Br)c1)N1C[C@H]2C[C@H](C1)[C@H]1CCCC(=O)N1C2. The molecule has 0 aromatic heterocycles. The number of piperidine rings is 3. The minimum Gasteiger partial charge on any atom is -0.339 e. The van der Waals surface area contributed by atoms with Gasteiger partial charge in [0.2, 0.25) is 5.91 Å². The summed E-state index contributed by atoms with van der Waals surface area (Å²) in [5, 5.41) is 3.00. The largest absolute Gasteiger partial charge is 0.339 e. The minimum atomic E-state index is -0.0293. The van der Waals surface area contributed by atoms with Crippen LogP contribution in [0.2, 0.25) is 0 Å². The number of nitrogens with zero attached hydrogens (tertiary/aromatic N) is 2. The maximum Gasteiger partial charge on any atom is 0.321 e. The average Bonchev–Trinajstić information content (AvgIpc) is 2.56. The van der Waals surface area contributed by atoms with Crippen LogP contribution in [0.25, 0.3) is 0 Å². The number of benzene rings is 1. The lowest BCUT2D eigenvalue weighted by atomic mass is 9.76. The number of carbonyl (C=O) groups excluding carboxylic acids is 2. The first-order chi connectivity index (χ1) is 11.6. The van der Waals surface area contributed by atoms with Crippen LogP contribution in [-0.2, 0) is 4.79 Å². The summed E-state index contributed by atoms with van der Waals surface area (Å²) in [6, 6.07) is 7.97. The van der Waals surface area contributed by atoms with Gasteiger partial charge in [0.25, 0.3) is 0 Å². The first-order valence-electron chi connectivity index (χ1n) is 8.71. The highest BCUT2D eigenvalue weighted by Crippen LogP contribution is 2.38. The van der Waals surface area contributed by atoms with Crippen LogP contribution in [0.3, 0.4) is 0 Å². The summed E-state index contributed by atoms with van der Waals surface area (Å²) in [7, 11) is 0. The zero-order valence-electron chi connectivity index (χ0n) is 13.6. The highest BCUT2D eigenvalue weighted by Gasteiger charge is 2.44. The van der Waals surface area contributed by atoms with E-state index in [2.05, 4.69) is 26.1 Å². The summed E-state index contributed by atoms with van der Waals surface area (Å²) >= 11 is 3.43. The van der Waals surface area contributed by atoms with Gasteiger partial charge in [0.05, 0.1) is 0 Å². The molecule has 1 aromatic carbocycles. The van der Waals surface area contributed by atoms with Gasteiger partial charge in [-0.15, -0.1) is 0 Å². The standard InChI is InChI=1S/C18H22BrN3O2/c19-14-3-1-4-15(8-14)20-18(24)21-9-12-7-13(11-21)16-5-2-6-17(23)22(16)10-12/h1,3-4,8,12-13,16H,2,5-7,9-11H2,(H,20,24)/t12-,13-,16-/m1/s1. The van der Waals surface area contributed by atoms with Crippen LogP contribution in [-0.4, -0.2) is 47.4 Å². The highest BCUT2D eigenvalue weighted by molar-refractivity contribution is 9.10. The Morgan fingerprint density at radius 3 is 2.96 bits per heavy atom. The van der Waals surface area contributed by atoms with Crippen molar-refractivity contribution >= 4 is 33.6 Å². The van der Waals surface area contributed by atoms with Crippen LogP contribution < -0.4 is 5.32 Å². The van der Waals surface area contributed by atoms with Gasteiger partial charge in [-0.25, -0.2) is 4.79 Å². The number of halogens is 1. The fourth-order valence-electron chi connectivity index (χ4n) is 4.54. The molecule has 3 aliphatic heterocycles. The van der Waals surface area contributed by atoms with E-state index in [1.165, 1.54) is 0 Å². The van der Waals surface area contributed by atoms with Gasteiger partial charge < -0.3 is 15.1 Å². The minimum absolute atomic E-state index is 0.0293. The van der Waals surface area contributed by atoms with E-state index in [4.69, 9.17) is 0 Å². The second-order valence-electron chi connectivity index (χ2n) is 7.21. The lowest BCUT2D eigenvalue weighted by Crippen LogP contribution is -2.61. The lowest BCUT2D eigenvalue weighted by molar-refractivity contribution is -0.144. The molecule has 6 heteroatoms. The molecule has 0 aliphatic carbocycles. The molecule has 128 valence electrons. The third kappa shape index (κ3) is 3.04. The topological polar surface area (TPSA) is 52.7 Å². The van der Waals surface area contributed by atoms with Gasteiger partial charge in [0.1, 0.15) is 0 Å². The van der Waals surface area contributed by atoms with E-state index in [1.807, 2.05) is 29.2 Å². The Kier molecular flexibility index (Phi) is 4.24. The molecule has 24 heavy (non-hydrogen) atoms. The van der Waals surface area contributed by atoms with Crippen molar-refractivity contribution in [1.82, 2.24) is 9.80 Å². The molecule has 2 bridgehead atoms. The lowest BCUT2D eigenvalue weighted by Gasteiger charge is -2.52. The molecule has 0 radical (unpaired) electrons. The summed E-state index contributed by atoms with van der Waals surface area (Å²) in [5.74, 6) is 1.15. The smallest absolute Gasteiger partial charge is 0.321 e. The van der Waals surface area contributed by atoms with Crippen molar-refractivity contribution < 1.29 is 9.59 Å². The molecule has 0 saturated carbocycles. The molecule has 1 N–H and O–H groups in total. The van der Waals surface area contributed by atoms with Crippen molar-refractivity contribution in [2.45, 2.75) is 31.7 Å². The van der Waals surface area contributed by atoms with Crippen molar-refractivity contribution in [2.24, 2.45) is 11.8 Å². The van der Waals surface area contributed by atoms with E-state index in [9.17, 15) is 9.59 Å². The van der Waals surface area contributed by atoms with Crippen molar-refractivity contribution in [1.29, 1.82) is 0 Å². The highest BCUT2D eigenvalue weighted by atomic mass is 79.9. The van der Waals surface area contributed by atoms with Crippen LogP contribution in [0.1, 0.15) is 25.7 Å². The van der Waals surface area contributed by atoms with Gasteiger partial charge in [0, 0.05) is 42.3 Å². The molecular weight excluding hydrogens is 370 g/mol. The molecular formula is C18H22BrN3O2. The fraction of sp³-hybridized carbons (Fsp3) is 0.556. The second-order valence-corrected chi connectivity index (χ2v) is 8.13. The third-order valence-corrected chi connectivity index (χ3v) is 6.04. The Morgan fingerprint density at radius 2 is 2.12 bits per heavy atom. The van der Waals surface area contributed by atoms with E-state index in [0.717, 1.165) is 49.1 Å². The molecule has 1 aromatic rings. The molecule has 0 unspecified atom stereocenters. The van der Waals surface area contributed by atoms with Gasteiger partial charge >= 0.3 is 6.03 Å². The number of anilines is 1. The third-order valence-electron chi connectivity index (χ3n) is 5.54. The normalized spacial score (nSPS) is 29.2. The molecule has 3 fully saturated rings. The van der Waals surface area contributed by atoms with Crippen LogP contribution >= 0.6 is 15.9 Å². The molecule has 0 spiro atoms. The average molecular weight is 392 g/mol. The van der Waals surface area contributed by atoms with Crippen molar-refractivity contribution in [3.63, 3.8) is 0 Å². The molecule has 3 saturated heterocycles. The van der Waals surface area contributed by atoms with Crippen LogP contribution in [0, 0.1) is 11.8 Å². The Balaban J connectivity index is 1.45. The van der Waals surface area contributed by atoms with Crippen molar-refractivity contribution in [3.05, 3.63) is 28.7 Å². The number of likely N-dealkylation sites (tertiary alicyclic amines) is 1. The molecule has 3 heterocycles. The molecule has 3 atom stereocenters. The van der Waals surface area contributed by atoms with E-state index in [1.54, 1.807) is 0 Å². The summed E-state index contributed by atoms with van der Waals surface area (Å²) in [5.41, 5.74) is 0.805. The van der Waals surface area contributed by atoms with Crippen molar-refractivity contribution in [2.75, 3.05) is 25.0 Å². The van der Waals surface area contributed by atoms with Crippen LogP contribution in [0.4, 0.5) is 10.5 Å². The predicted octanol–water partition coefficient (Wildman–Crippen LogP) is 3.31. The van der Waals surface area contributed by atoms with E-state index in [-0.39, 0.29) is 6.03 Å². The number of fused-ring (bicyclic) bond motifs is 4. The second kappa shape index (κ2) is 6.39. The Labute approximate surface area is 150 Å². The Bertz CT molecular complexity index is 665. The number of carbonyl (C=O) groups is 2. The molecule has 4 rings (SSSR count). The van der Waals surface area contributed by atoms with E-state index >= 15 is 0 Å². The molecule has 5 nitrogen and oxygen atoms in total. The summed E-state index contributed by atoms with van der Waals surface area (Å²) in [6.07, 6.45) is 3.92. The Morgan fingerprint density at radius 1 is 1.25 bits per heavy atom. The number of rotatable bonds is 1. The monoisotopic (exact) mass is 391 g/mol. The number of nitrogens with one attached hydrogen (secondary N) is 1. The van der Waals surface area contributed by atoms with Gasteiger partial charge in [-0.1, -0.05) is 22.0 Å². The maximum atomic E-state index is 12.7. The zero-order chi connectivity index (χ0) is 16.7. The Hall–Kier alpha value is -1.56. The van der Waals surface area contributed by atoms with Crippen LogP contribution in [0.15, 0.2) is 28.7 Å². The van der Waals surface area contributed by atoms with E-state index in [0.29, 0.717) is 30.2 Å². The van der Waals surface area contributed by atoms with Gasteiger partial charge in [-0.3, -0.25) is 4.79 Å². The number of hydrogen-bond acceptors (Lipinski definition) is 2. The van der Waals surface area contributed by atoms with Gasteiger partial charge in [-0.05, 0) is 49.3 Å². The quantitative estimate of drug-likeness (QED) is 0.797. The van der Waals surface area contributed by atoms with Gasteiger partial charge in [0.15, 0.2) is 0 Å². The molecule has 3 amide bonds. The zero-order valence-corrected chi connectivity index (χ0v) is 15.2. The van der Waals surface area contributed by atoms with Gasteiger partial charge in [-0.2, -0.15) is 0 Å². The first kappa shape index (κ1) is 15.9. The number of urea groups is 1. The maximum absolute atomic E-state index is 12.7. The molecule has 3 aliphatic rings. The summed E-state index contributed by atoms with van der Waals surface area (Å²) < 4.78 is 0.951. The first-order valence-corrected chi connectivity index (χ1v) is 9.50. The van der Waals surface area contributed by atoms with Crippen LogP contribution in [0.5, 0.6) is 0 Å². The van der Waals surface area contributed by atoms with Crippen molar-refractivity contribution in [3.8, 4) is 0 Å². The number of amides is 3. The van der Waals surface area contributed by atoms with E-state index < -0.39 is 0 Å². The summed E-state index contributed by atoms with van der Waals surface area (Å²) in [6.45, 7) is 2.32. The summed E-state index contributed by atoms with van der Waals surface area (Å²) in [4.78, 5) is 28.9. The predicted molar refractivity (Wildman–Crippen MR) is 95.7 cm³/mol. The number of hydrogen-bond donors (Lipinski definition) is 1. The fourth-order valence-corrected chi connectivity index (χ4v) is 4.94.